The van der Waals surface area contributed by atoms with E-state index in [1.165, 1.54) is 0 Å². The lowest BCUT2D eigenvalue weighted by atomic mass is 10.1. The van der Waals surface area contributed by atoms with E-state index in [4.69, 9.17) is 16.3 Å². The molecule has 0 aliphatic heterocycles. The summed E-state index contributed by atoms with van der Waals surface area (Å²) in [7, 11) is 3.35. The van der Waals surface area contributed by atoms with Crippen molar-refractivity contribution in [2.45, 2.75) is 6.42 Å². The molecule has 0 aliphatic carbocycles. The summed E-state index contributed by atoms with van der Waals surface area (Å²) in [4.78, 5) is 15.9. The van der Waals surface area contributed by atoms with Crippen molar-refractivity contribution in [3.8, 4) is 5.75 Å². The molecule has 3 N–H and O–H groups in total. The molecule has 0 atom stereocenters. The lowest BCUT2D eigenvalue weighted by molar-refractivity contribution is 0.0963. The van der Waals surface area contributed by atoms with Crippen LogP contribution in [0.2, 0.25) is 5.02 Å². The maximum Gasteiger partial charge on any atom is 0.251 e. The number of halogens is 1. The zero-order valence-corrected chi connectivity index (χ0v) is 16.3. The summed E-state index contributed by atoms with van der Waals surface area (Å²) < 4.78 is 5.63. The molecule has 0 saturated carbocycles. The van der Waals surface area contributed by atoms with E-state index in [0.29, 0.717) is 36.2 Å². The molecule has 2 aromatic rings. The molecule has 0 heterocycles. The first-order valence-electron chi connectivity index (χ1n) is 8.76. The summed E-state index contributed by atoms with van der Waals surface area (Å²) in [5.41, 5.74) is 1.75. The number of ether oxygens (including phenoxy) is 1. The fourth-order valence-corrected chi connectivity index (χ4v) is 2.63. The van der Waals surface area contributed by atoms with Gasteiger partial charge in [-0.2, -0.15) is 0 Å². The Bertz CT molecular complexity index is 780. The van der Waals surface area contributed by atoms with Gasteiger partial charge in [0.05, 0.1) is 6.54 Å². The van der Waals surface area contributed by atoms with E-state index in [1.54, 1.807) is 26.2 Å². The Hall–Kier alpha value is -2.73. The highest BCUT2D eigenvalue weighted by molar-refractivity contribution is 6.30. The van der Waals surface area contributed by atoms with E-state index >= 15 is 0 Å². The van der Waals surface area contributed by atoms with Gasteiger partial charge in [-0.1, -0.05) is 29.8 Å². The molecule has 2 rings (SSSR count). The second-order valence-corrected chi connectivity index (χ2v) is 6.20. The minimum absolute atomic E-state index is 0.0815. The monoisotopic (exact) mass is 388 g/mol. The third-order valence-corrected chi connectivity index (χ3v) is 4.04. The smallest absolute Gasteiger partial charge is 0.251 e. The Kier molecular flexibility index (Phi) is 8.45. The molecular weight excluding hydrogens is 364 g/mol. The van der Waals surface area contributed by atoms with Crippen molar-refractivity contribution in [1.82, 2.24) is 16.0 Å². The minimum atomic E-state index is -0.0815. The van der Waals surface area contributed by atoms with E-state index in [1.807, 2.05) is 36.4 Å². The first-order chi connectivity index (χ1) is 13.1. The molecule has 0 radical (unpaired) electrons. The van der Waals surface area contributed by atoms with Gasteiger partial charge in [0, 0.05) is 31.2 Å². The Morgan fingerprint density at radius 3 is 2.63 bits per heavy atom. The number of benzene rings is 2. The topological polar surface area (TPSA) is 74.8 Å². The molecule has 0 saturated heterocycles. The first-order valence-corrected chi connectivity index (χ1v) is 9.14. The maximum absolute atomic E-state index is 11.7. The van der Waals surface area contributed by atoms with Crippen LogP contribution in [0.5, 0.6) is 5.75 Å². The minimum Gasteiger partial charge on any atom is -0.492 e. The van der Waals surface area contributed by atoms with Crippen LogP contribution in [0.15, 0.2) is 53.5 Å². The number of guanidine groups is 1. The molecule has 1 amide bonds. The van der Waals surface area contributed by atoms with Crippen molar-refractivity contribution in [3.63, 3.8) is 0 Å². The molecule has 0 aromatic heterocycles. The summed E-state index contributed by atoms with van der Waals surface area (Å²) in [6.45, 7) is 1.81. The van der Waals surface area contributed by atoms with E-state index in [0.717, 1.165) is 17.7 Å². The van der Waals surface area contributed by atoms with Gasteiger partial charge >= 0.3 is 0 Å². The van der Waals surface area contributed by atoms with Crippen LogP contribution >= 0.6 is 11.6 Å². The van der Waals surface area contributed by atoms with Crippen molar-refractivity contribution in [3.05, 3.63) is 64.7 Å². The predicted molar refractivity (Wildman–Crippen MR) is 110 cm³/mol. The van der Waals surface area contributed by atoms with Crippen LogP contribution in [-0.2, 0) is 6.42 Å². The fourth-order valence-electron chi connectivity index (χ4n) is 2.45. The normalized spacial score (nSPS) is 11.0. The second kappa shape index (κ2) is 11.1. The van der Waals surface area contributed by atoms with Gasteiger partial charge in [-0.25, -0.2) is 0 Å². The van der Waals surface area contributed by atoms with Gasteiger partial charge in [0.25, 0.3) is 5.91 Å². The molecule has 0 aliphatic rings. The van der Waals surface area contributed by atoms with Crippen LogP contribution in [-0.4, -0.2) is 45.7 Å². The van der Waals surface area contributed by atoms with Crippen LogP contribution in [0.3, 0.4) is 0 Å². The Morgan fingerprint density at radius 1 is 1.11 bits per heavy atom. The number of hydrogen-bond acceptors (Lipinski definition) is 3. The van der Waals surface area contributed by atoms with E-state index in [-0.39, 0.29) is 5.91 Å². The zero-order valence-electron chi connectivity index (χ0n) is 15.6. The summed E-state index contributed by atoms with van der Waals surface area (Å²) in [6.07, 6.45) is 0.782. The standard InChI is InChI=1S/C20H25ClN4O2/c1-22-19(26)16-6-3-5-15(13-16)9-10-24-20(23-2)25-11-12-27-18-8-4-7-17(21)14-18/h3-8,13-14H,9-12H2,1-2H3,(H,22,26)(H2,23,24,25). The highest BCUT2D eigenvalue weighted by Crippen LogP contribution is 2.16. The van der Waals surface area contributed by atoms with Crippen LogP contribution in [0.1, 0.15) is 15.9 Å². The molecular formula is C20H25ClN4O2. The van der Waals surface area contributed by atoms with Gasteiger partial charge in [-0.15, -0.1) is 0 Å². The van der Waals surface area contributed by atoms with Crippen LogP contribution in [0.25, 0.3) is 0 Å². The molecule has 144 valence electrons. The molecule has 7 heteroatoms. The van der Waals surface area contributed by atoms with Crippen LogP contribution in [0.4, 0.5) is 0 Å². The summed E-state index contributed by atoms with van der Waals surface area (Å²) in [6, 6.07) is 14.9. The van der Waals surface area contributed by atoms with Gasteiger partial charge in [-0.3, -0.25) is 9.79 Å². The Morgan fingerprint density at radius 2 is 1.89 bits per heavy atom. The van der Waals surface area contributed by atoms with E-state index in [9.17, 15) is 4.79 Å². The summed E-state index contributed by atoms with van der Waals surface area (Å²) >= 11 is 5.93. The van der Waals surface area contributed by atoms with Gasteiger partial charge in [0.1, 0.15) is 12.4 Å². The van der Waals surface area contributed by atoms with Crippen molar-refractivity contribution in [1.29, 1.82) is 0 Å². The highest BCUT2D eigenvalue weighted by Gasteiger charge is 2.04. The second-order valence-electron chi connectivity index (χ2n) is 5.76. The van der Waals surface area contributed by atoms with Crippen LogP contribution < -0.4 is 20.7 Å². The third-order valence-electron chi connectivity index (χ3n) is 3.81. The van der Waals surface area contributed by atoms with Gasteiger partial charge in [-0.05, 0) is 42.3 Å². The fraction of sp³-hybridized carbons (Fsp3) is 0.300. The molecule has 0 fully saturated rings. The Balaban J connectivity index is 1.70. The quantitative estimate of drug-likeness (QED) is 0.369. The largest absolute Gasteiger partial charge is 0.492 e. The summed E-state index contributed by atoms with van der Waals surface area (Å²) in [5, 5.41) is 9.73. The number of hydrogen-bond donors (Lipinski definition) is 3. The first kappa shape index (κ1) is 20.6. The lowest BCUT2D eigenvalue weighted by Gasteiger charge is -2.13. The number of carbonyl (C=O) groups is 1. The van der Waals surface area contributed by atoms with Crippen molar-refractivity contribution >= 4 is 23.5 Å². The molecule has 0 unspecified atom stereocenters. The number of rotatable bonds is 8. The van der Waals surface area contributed by atoms with Crippen molar-refractivity contribution < 1.29 is 9.53 Å². The highest BCUT2D eigenvalue weighted by atomic mass is 35.5. The number of aliphatic imine (C=N–C) groups is 1. The third kappa shape index (κ3) is 7.19. The molecule has 0 spiro atoms. The zero-order chi connectivity index (χ0) is 19.5. The number of carbonyl (C=O) groups excluding carboxylic acids is 1. The number of nitrogens with zero attached hydrogens (tertiary/aromatic N) is 1. The number of amides is 1. The SMILES string of the molecule is CN=C(NCCOc1cccc(Cl)c1)NCCc1cccc(C(=O)NC)c1. The molecule has 2 aromatic carbocycles. The van der Waals surface area contributed by atoms with Crippen LogP contribution in [0, 0.1) is 0 Å². The lowest BCUT2D eigenvalue weighted by Crippen LogP contribution is -2.40. The maximum atomic E-state index is 11.7. The number of nitrogens with one attached hydrogen (secondary N) is 3. The van der Waals surface area contributed by atoms with E-state index < -0.39 is 0 Å². The van der Waals surface area contributed by atoms with Crippen molar-refractivity contribution in [2.75, 3.05) is 33.8 Å². The predicted octanol–water partition coefficient (Wildman–Crippen LogP) is 2.49. The average molecular weight is 389 g/mol. The van der Waals surface area contributed by atoms with E-state index in [2.05, 4.69) is 20.9 Å². The van der Waals surface area contributed by atoms with Gasteiger partial charge < -0.3 is 20.7 Å². The summed E-state index contributed by atoms with van der Waals surface area (Å²) in [5.74, 6) is 1.36. The molecule has 0 bridgehead atoms. The molecule has 6 nitrogen and oxygen atoms in total. The Labute approximate surface area is 165 Å². The molecule has 27 heavy (non-hydrogen) atoms. The van der Waals surface area contributed by atoms with Gasteiger partial charge in [0.2, 0.25) is 0 Å². The van der Waals surface area contributed by atoms with Crippen molar-refractivity contribution in [2.24, 2.45) is 4.99 Å². The average Bonchev–Trinajstić information content (AvgIpc) is 2.69. The van der Waals surface area contributed by atoms with Gasteiger partial charge in [0.15, 0.2) is 5.96 Å².